The summed E-state index contributed by atoms with van der Waals surface area (Å²) in [5, 5.41) is 6.51. The van der Waals surface area contributed by atoms with E-state index in [4.69, 9.17) is 4.74 Å². The van der Waals surface area contributed by atoms with Crippen LogP contribution < -0.4 is 10.6 Å². The standard InChI is InChI=1S/C11H25N3O/c1-4-6-8-13-11(12-5-2)14-9-7-10-15-3/h4-10H2,1-3H3,(H2,12,13,14). The van der Waals surface area contributed by atoms with Gasteiger partial charge in [0.15, 0.2) is 5.96 Å². The van der Waals surface area contributed by atoms with Gasteiger partial charge in [-0.05, 0) is 19.8 Å². The second-order valence-corrected chi connectivity index (χ2v) is 3.39. The molecular formula is C11H25N3O. The van der Waals surface area contributed by atoms with Crippen LogP contribution in [0.5, 0.6) is 0 Å². The van der Waals surface area contributed by atoms with E-state index in [1.54, 1.807) is 7.11 Å². The van der Waals surface area contributed by atoms with E-state index in [0.717, 1.165) is 38.6 Å². The van der Waals surface area contributed by atoms with Crippen LogP contribution in [0.15, 0.2) is 4.99 Å². The van der Waals surface area contributed by atoms with E-state index in [9.17, 15) is 0 Å². The Kier molecular flexibility index (Phi) is 10.7. The fourth-order valence-corrected chi connectivity index (χ4v) is 1.13. The van der Waals surface area contributed by atoms with Crippen molar-refractivity contribution in [1.29, 1.82) is 0 Å². The fraction of sp³-hybridized carbons (Fsp3) is 0.909. The summed E-state index contributed by atoms with van der Waals surface area (Å²) in [7, 11) is 1.72. The molecule has 0 bridgehead atoms. The van der Waals surface area contributed by atoms with Gasteiger partial charge in [0.2, 0.25) is 0 Å². The van der Waals surface area contributed by atoms with Gasteiger partial charge >= 0.3 is 0 Å². The molecule has 0 unspecified atom stereocenters. The number of nitrogens with one attached hydrogen (secondary N) is 2. The molecule has 15 heavy (non-hydrogen) atoms. The highest BCUT2D eigenvalue weighted by Crippen LogP contribution is 1.85. The maximum atomic E-state index is 4.97. The van der Waals surface area contributed by atoms with Crippen molar-refractivity contribution < 1.29 is 4.74 Å². The number of guanidine groups is 1. The van der Waals surface area contributed by atoms with E-state index in [-0.39, 0.29) is 0 Å². The summed E-state index contributed by atoms with van der Waals surface area (Å²) < 4.78 is 4.97. The largest absolute Gasteiger partial charge is 0.385 e. The summed E-state index contributed by atoms with van der Waals surface area (Å²) in [5.41, 5.74) is 0. The third-order valence-corrected chi connectivity index (χ3v) is 1.94. The summed E-state index contributed by atoms with van der Waals surface area (Å²) in [6, 6.07) is 0. The topological polar surface area (TPSA) is 45.7 Å². The van der Waals surface area contributed by atoms with Crippen molar-refractivity contribution in [2.24, 2.45) is 4.99 Å². The van der Waals surface area contributed by atoms with Crippen LogP contribution in [0.4, 0.5) is 0 Å². The fourth-order valence-electron chi connectivity index (χ4n) is 1.13. The van der Waals surface area contributed by atoms with Gasteiger partial charge < -0.3 is 15.4 Å². The lowest BCUT2D eigenvalue weighted by Crippen LogP contribution is -2.37. The zero-order valence-corrected chi connectivity index (χ0v) is 10.3. The zero-order chi connectivity index (χ0) is 11.4. The molecule has 0 spiro atoms. The van der Waals surface area contributed by atoms with Crippen molar-refractivity contribution in [1.82, 2.24) is 10.6 Å². The van der Waals surface area contributed by atoms with Gasteiger partial charge in [0.25, 0.3) is 0 Å². The van der Waals surface area contributed by atoms with Gasteiger partial charge in [-0.15, -0.1) is 0 Å². The van der Waals surface area contributed by atoms with E-state index >= 15 is 0 Å². The smallest absolute Gasteiger partial charge is 0.191 e. The zero-order valence-electron chi connectivity index (χ0n) is 10.3. The SMILES string of the molecule is CCCCNC(=NCCCOC)NCC. The maximum Gasteiger partial charge on any atom is 0.191 e. The highest BCUT2D eigenvalue weighted by Gasteiger charge is 1.94. The number of unbranched alkanes of at least 4 members (excludes halogenated alkanes) is 1. The van der Waals surface area contributed by atoms with Crippen LogP contribution in [0.2, 0.25) is 0 Å². The molecule has 0 amide bonds. The highest BCUT2D eigenvalue weighted by molar-refractivity contribution is 5.79. The van der Waals surface area contributed by atoms with Gasteiger partial charge in [0, 0.05) is 33.4 Å². The van der Waals surface area contributed by atoms with Crippen LogP contribution in [0, 0.1) is 0 Å². The Balaban J connectivity index is 3.68. The Morgan fingerprint density at radius 3 is 2.60 bits per heavy atom. The first kappa shape index (κ1) is 14.2. The molecular weight excluding hydrogens is 190 g/mol. The average Bonchev–Trinajstić information content (AvgIpc) is 2.24. The number of ether oxygens (including phenoxy) is 1. The molecule has 0 heterocycles. The maximum absolute atomic E-state index is 4.97. The van der Waals surface area contributed by atoms with Crippen molar-refractivity contribution in [3.63, 3.8) is 0 Å². The van der Waals surface area contributed by atoms with E-state index in [0.29, 0.717) is 0 Å². The minimum atomic E-state index is 0.776. The first-order valence-electron chi connectivity index (χ1n) is 5.86. The van der Waals surface area contributed by atoms with Crippen molar-refractivity contribution in [3.05, 3.63) is 0 Å². The predicted molar refractivity (Wildman–Crippen MR) is 65.4 cm³/mol. The minimum absolute atomic E-state index is 0.776. The van der Waals surface area contributed by atoms with Crippen molar-refractivity contribution >= 4 is 5.96 Å². The molecule has 0 aromatic heterocycles. The molecule has 0 aromatic rings. The van der Waals surface area contributed by atoms with Crippen LogP contribution >= 0.6 is 0 Å². The van der Waals surface area contributed by atoms with Gasteiger partial charge in [-0.25, -0.2) is 0 Å². The number of hydrogen-bond donors (Lipinski definition) is 2. The number of methoxy groups -OCH3 is 1. The molecule has 0 aliphatic heterocycles. The van der Waals surface area contributed by atoms with E-state index in [1.807, 2.05) is 0 Å². The van der Waals surface area contributed by atoms with Gasteiger partial charge in [0.05, 0.1) is 0 Å². The molecule has 2 N–H and O–H groups in total. The molecule has 0 saturated heterocycles. The predicted octanol–water partition coefficient (Wildman–Crippen LogP) is 1.38. The Labute approximate surface area is 93.5 Å². The number of hydrogen-bond acceptors (Lipinski definition) is 2. The van der Waals surface area contributed by atoms with Crippen LogP contribution in [0.3, 0.4) is 0 Å². The molecule has 90 valence electrons. The van der Waals surface area contributed by atoms with E-state index in [1.165, 1.54) is 12.8 Å². The van der Waals surface area contributed by atoms with Crippen molar-refractivity contribution in [2.75, 3.05) is 33.4 Å². The van der Waals surface area contributed by atoms with Gasteiger partial charge in [-0.3, -0.25) is 4.99 Å². The summed E-state index contributed by atoms with van der Waals surface area (Å²) >= 11 is 0. The second-order valence-electron chi connectivity index (χ2n) is 3.39. The van der Waals surface area contributed by atoms with E-state index in [2.05, 4.69) is 29.5 Å². The highest BCUT2D eigenvalue weighted by atomic mass is 16.5. The summed E-state index contributed by atoms with van der Waals surface area (Å²) in [6.45, 7) is 7.75. The van der Waals surface area contributed by atoms with E-state index < -0.39 is 0 Å². The molecule has 0 atom stereocenters. The van der Waals surface area contributed by atoms with Crippen LogP contribution in [0.1, 0.15) is 33.1 Å². The van der Waals surface area contributed by atoms with Gasteiger partial charge in [0.1, 0.15) is 0 Å². The summed E-state index contributed by atoms with van der Waals surface area (Å²) in [6.07, 6.45) is 3.36. The second kappa shape index (κ2) is 11.3. The molecule has 0 aliphatic carbocycles. The molecule has 0 aromatic carbocycles. The Hall–Kier alpha value is -0.770. The summed E-state index contributed by atoms with van der Waals surface area (Å²) in [4.78, 5) is 4.44. The number of nitrogens with zero attached hydrogens (tertiary/aromatic N) is 1. The Bertz CT molecular complexity index is 160. The molecule has 0 aliphatic rings. The monoisotopic (exact) mass is 215 g/mol. The molecule has 0 saturated carbocycles. The van der Waals surface area contributed by atoms with Gasteiger partial charge in [-0.2, -0.15) is 0 Å². The molecule has 0 fully saturated rings. The first-order valence-corrected chi connectivity index (χ1v) is 5.86. The number of rotatable bonds is 8. The Morgan fingerprint density at radius 2 is 2.00 bits per heavy atom. The molecule has 4 nitrogen and oxygen atoms in total. The molecule has 0 rings (SSSR count). The lowest BCUT2D eigenvalue weighted by Gasteiger charge is -2.10. The van der Waals surface area contributed by atoms with Crippen LogP contribution in [-0.4, -0.2) is 39.3 Å². The normalized spacial score (nSPS) is 11.5. The minimum Gasteiger partial charge on any atom is -0.385 e. The number of aliphatic imine (C=N–C) groups is 1. The quantitative estimate of drug-likeness (QED) is 0.365. The van der Waals surface area contributed by atoms with Crippen molar-refractivity contribution in [2.45, 2.75) is 33.1 Å². The van der Waals surface area contributed by atoms with Crippen LogP contribution in [0.25, 0.3) is 0 Å². The summed E-state index contributed by atoms with van der Waals surface area (Å²) in [5.74, 6) is 0.919. The first-order chi connectivity index (χ1) is 7.35. The molecule has 0 radical (unpaired) electrons. The third-order valence-electron chi connectivity index (χ3n) is 1.94. The lowest BCUT2D eigenvalue weighted by molar-refractivity contribution is 0.197. The molecule has 4 heteroatoms. The Morgan fingerprint density at radius 1 is 1.20 bits per heavy atom. The average molecular weight is 215 g/mol. The van der Waals surface area contributed by atoms with Crippen molar-refractivity contribution in [3.8, 4) is 0 Å². The lowest BCUT2D eigenvalue weighted by atomic mass is 10.3. The third kappa shape index (κ3) is 9.53. The van der Waals surface area contributed by atoms with Gasteiger partial charge in [-0.1, -0.05) is 13.3 Å². The van der Waals surface area contributed by atoms with Crippen LogP contribution in [-0.2, 0) is 4.74 Å².